The van der Waals surface area contributed by atoms with E-state index in [1.165, 1.54) is 0 Å². The van der Waals surface area contributed by atoms with Crippen LogP contribution in [0.2, 0.25) is 5.15 Å². The molecule has 6 nitrogen and oxygen atoms in total. The molecule has 0 unspecified atom stereocenters. The van der Waals surface area contributed by atoms with Crippen molar-refractivity contribution in [1.29, 1.82) is 0 Å². The minimum Gasteiger partial charge on any atom is -0.447 e. The Kier molecular flexibility index (Phi) is 5.06. The molecule has 25 heavy (non-hydrogen) atoms. The summed E-state index contributed by atoms with van der Waals surface area (Å²) in [7, 11) is 0. The Morgan fingerprint density at radius 1 is 1.48 bits per heavy atom. The van der Waals surface area contributed by atoms with Gasteiger partial charge in [-0.25, -0.2) is 14.6 Å². The van der Waals surface area contributed by atoms with E-state index in [1.807, 2.05) is 6.92 Å². The van der Waals surface area contributed by atoms with Gasteiger partial charge in [-0.05, 0) is 67.1 Å². The maximum absolute atomic E-state index is 12.6. The molecule has 1 amide bonds. The van der Waals surface area contributed by atoms with E-state index in [9.17, 15) is 9.59 Å². The highest BCUT2D eigenvalue weighted by molar-refractivity contribution is 9.10. The number of aromatic nitrogens is 1. The van der Waals surface area contributed by atoms with Crippen LogP contribution in [0.3, 0.4) is 0 Å². The highest BCUT2D eigenvalue weighted by Gasteiger charge is 2.52. The van der Waals surface area contributed by atoms with Crippen LogP contribution in [0, 0.1) is 6.92 Å². The van der Waals surface area contributed by atoms with Crippen molar-refractivity contribution in [2.75, 3.05) is 6.54 Å². The lowest BCUT2D eigenvalue weighted by Crippen LogP contribution is -2.33. The van der Waals surface area contributed by atoms with Gasteiger partial charge in [0.25, 0.3) is 0 Å². The number of alkyl carbamates (subject to hydrolysis) is 1. The number of amides is 1. The van der Waals surface area contributed by atoms with Crippen molar-refractivity contribution >= 4 is 45.2 Å². The van der Waals surface area contributed by atoms with Crippen LogP contribution in [0.25, 0.3) is 5.57 Å². The van der Waals surface area contributed by atoms with Crippen molar-refractivity contribution in [3.63, 3.8) is 0 Å². The first-order valence-electron chi connectivity index (χ1n) is 8.15. The highest BCUT2D eigenvalue weighted by atomic mass is 79.9. The normalized spacial score (nSPS) is 18.6. The van der Waals surface area contributed by atoms with Gasteiger partial charge in [0, 0.05) is 12.1 Å². The van der Waals surface area contributed by atoms with Gasteiger partial charge < -0.3 is 14.8 Å². The van der Waals surface area contributed by atoms with Gasteiger partial charge in [0.05, 0.1) is 0 Å². The number of hydrogen-bond acceptors (Lipinski definition) is 5. The van der Waals surface area contributed by atoms with Crippen LogP contribution in [-0.2, 0) is 14.3 Å². The third-order valence-corrected chi connectivity index (χ3v) is 5.53. The summed E-state index contributed by atoms with van der Waals surface area (Å²) in [5, 5.41) is 2.73. The minimum absolute atomic E-state index is 0.150. The zero-order chi connectivity index (χ0) is 18.2. The molecule has 1 N–H and O–H groups in total. The molecule has 3 rings (SSSR count). The summed E-state index contributed by atoms with van der Waals surface area (Å²) in [4.78, 5) is 28.9. The standard InChI is InChI=1S/C17H18BrClN2O4/c1-3-20-16(23)24-12-11(10-8-9(2)13(18)21-14(10)19)15(22)25-17(12)6-4-5-7-17/h8H,3-7H2,1-2H3,(H,20,23). The van der Waals surface area contributed by atoms with Crippen molar-refractivity contribution in [2.24, 2.45) is 0 Å². The van der Waals surface area contributed by atoms with Crippen molar-refractivity contribution in [2.45, 2.75) is 45.1 Å². The van der Waals surface area contributed by atoms with E-state index in [0.29, 0.717) is 29.6 Å². The third kappa shape index (κ3) is 3.27. The topological polar surface area (TPSA) is 77.5 Å². The zero-order valence-corrected chi connectivity index (χ0v) is 16.3. The lowest BCUT2D eigenvalue weighted by Gasteiger charge is -2.24. The van der Waals surface area contributed by atoms with E-state index in [2.05, 4.69) is 26.2 Å². The van der Waals surface area contributed by atoms with Crippen molar-refractivity contribution in [1.82, 2.24) is 10.3 Å². The average Bonchev–Trinajstić information content (AvgIpc) is 3.10. The molecule has 0 saturated heterocycles. The Morgan fingerprint density at radius 3 is 2.80 bits per heavy atom. The summed E-state index contributed by atoms with van der Waals surface area (Å²) in [6.45, 7) is 4.05. The molecule has 2 aliphatic rings. The molecule has 134 valence electrons. The summed E-state index contributed by atoms with van der Waals surface area (Å²) < 4.78 is 11.8. The first-order valence-corrected chi connectivity index (χ1v) is 9.32. The van der Waals surface area contributed by atoms with E-state index < -0.39 is 17.7 Å². The van der Waals surface area contributed by atoms with E-state index in [1.54, 1.807) is 13.0 Å². The molecule has 0 bridgehead atoms. The molecule has 1 fully saturated rings. The van der Waals surface area contributed by atoms with Crippen molar-refractivity contribution in [3.8, 4) is 0 Å². The maximum atomic E-state index is 12.6. The van der Waals surface area contributed by atoms with E-state index >= 15 is 0 Å². The largest absolute Gasteiger partial charge is 0.447 e. The molecule has 0 radical (unpaired) electrons. The van der Waals surface area contributed by atoms with E-state index in [4.69, 9.17) is 21.1 Å². The number of nitrogens with one attached hydrogen (secondary N) is 1. The zero-order valence-electron chi connectivity index (χ0n) is 13.9. The molecule has 1 aromatic heterocycles. The second-order valence-electron chi connectivity index (χ2n) is 6.15. The summed E-state index contributed by atoms with van der Waals surface area (Å²) in [5.74, 6) is -0.294. The fourth-order valence-electron chi connectivity index (χ4n) is 3.27. The van der Waals surface area contributed by atoms with Gasteiger partial charge in [0.1, 0.15) is 15.3 Å². The van der Waals surface area contributed by atoms with Gasteiger partial charge in [-0.15, -0.1) is 0 Å². The van der Waals surface area contributed by atoms with E-state index in [0.717, 1.165) is 18.4 Å². The Morgan fingerprint density at radius 2 is 2.16 bits per heavy atom. The molecule has 0 atom stereocenters. The van der Waals surface area contributed by atoms with Crippen LogP contribution in [0.1, 0.15) is 43.7 Å². The van der Waals surface area contributed by atoms with Crippen LogP contribution < -0.4 is 5.32 Å². The van der Waals surface area contributed by atoms with Crippen LogP contribution in [0.4, 0.5) is 4.79 Å². The third-order valence-electron chi connectivity index (χ3n) is 4.43. The number of aryl methyl sites for hydroxylation is 1. The van der Waals surface area contributed by atoms with Gasteiger partial charge in [-0.1, -0.05) is 11.6 Å². The molecule has 8 heteroatoms. The first-order chi connectivity index (χ1) is 11.9. The Bertz CT molecular complexity index is 772. The smallest absolute Gasteiger partial charge is 0.412 e. The van der Waals surface area contributed by atoms with Gasteiger partial charge in [0.15, 0.2) is 11.4 Å². The fourth-order valence-corrected chi connectivity index (χ4v) is 3.89. The number of carbonyl (C=O) groups is 2. The van der Waals surface area contributed by atoms with Gasteiger partial charge in [-0.3, -0.25) is 0 Å². The molecule has 2 heterocycles. The molecular weight excluding hydrogens is 412 g/mol. The highest BCUT2D eigenvalue weighted by Crippen LogP contribution is 2.49. The lowest BCUT2D eigenvalue weighted by molar-refractivity contribution is -0.146. The van der Waals surface area contributed by atoms with Crippen LogP contribution in [-0.4, -0.2) is 29.2 Å². The Balaban J connectivity index is 2.15. The number of pyridine rings is 1. The Hall–Kier alpha value is -1.60. The van der Waals surface area contributed by atoms with Crippen LogP contribution in [0.5, 0.6) is 0 Å². The molecule has 1 aromatic rings. The van der Waals surface area contributed by atoms with Crippen LogP contribution >= 0.6 is 27.5 Å². The molecule has 1 aliphatic carbocycles. The quantitative estimate of drug-likeness (QED) is 0.577. The van der Waals surface area contributed by atoms with Gasteiger partial charge >= 0.3 is 12.1 Å². The lowest BCUT2D eigenvalue weighted by atomic mass is 9.95. The van der Waals surface area contributed by atoms with Crippen molar-refractivity contribution < 1.29 is 19.1 Å². The number of esters is 1. The maximum Gasteiger partial charge on any atom is 0.412 e. The summed E-state index contributed by atoms with van der Waals surface area (Å²) in [5.41, 5.74) is 0.517. The summed E-state index contributed by atoms with van der Waals surface area (Å²) in [6, 6.07) is 1.74. The number of hydrogen-bond donors (Lipinski definition) is 1. The molecule has 0 aromatic carbocycles. The van der Waals surface area contributed by atoms with Gasteiger partial charge in [-0.2, -0.15) is 0 Å². The predicted octanol–water partition coefficient (Wildman–Crippen LogP) is 4.13. The fraction of sp³-hybridized carbons (Fsp3) is 0.471. The average molecular weight is 430 g/mol. The van der Waals surface area contributed by atoms with Gasteiger partial charge in [0.2, 0.25) is 0 Å². The summed E-state index contributed by atoms with van der Waals surface area (Å²) in [6.07, 6.45) is 2.43. The molecule has 1 saturated carbocycles. The van der Waals surface area contributed by atoms with Crippen LogP contribution in [0.15, 0.2) is 16.4 Å². The minimum atomic E-state index is -0.887. The Labute approximate surface area is 159 Å². The molecule has 1 spiro atoms. The second kappa shape index (κ2) is 6.96. The second-order valence-corrected chi connectivity index (χ2v) is 7.26. The molecule has 1 aliphatic heterocycles. The monoisotopic (exact) mass is 428 g/mol. The van der Waals surface area contributed by atoms with E-state index in [-0.39, 0.29) is 16.5 Å². The number of carbonyl (C=O) groups excluding carboxylic acids is 2. The number of rotatable bonds is 3. The SMILES string of the molecule is CCNC(=O)OC1=C(c2cc(C)c(Br)nc2Cl)C(=O)OC12CCCC2. The predicted molar refractivity (Wildman–Crippen MR) is 96.1 cm³/mol. The number of ether oxygens (including phenoxy) is 2. The first kappa shape index (κ1) is 18.2. The molecular formula is C17H18BrClN2O4. The number of nitrogens with zero attached hydrogens (tertiary/aromatic N) is 1. The number of halogens is 2. The van der Waals surface area contributed by atoms with Crippen molar-refractivity contribution in [3.05, 3.63) is 32.7 Å². The summed E-state index contributed by atoms with van der Waals surface area (Å²) >= 11 is 9.58.